The summed E-state index contributed by atoms with van der Waals surface area (Å²) in [5.41, 5.74) is 2.92. The molecule has 7 heteroatoms. The van der Waals surface area contributed by atoms with Gasteiger partial charge in [-0.05, 0) is 18.2 Å². The first kappa shape index (κ1) is 13.0. The summed E-state index contributed by atoms with van der Waals surface area (Å²) in [5.74, 6) is -1.46. The molecule has 0 radical (unpaired) electrons. The number of carbonyl (C=O) groups is 2. The molecule has 2 heterocycles. The Morgan fingerprint density at radius 1 is 1.40 bits per heavy atom. The van der Waals surface area contributed by atoms with E-state index in [4.69, 9.17) is 5.11 Å². The van der Waals surface area contributed by atoms with E-state index in [1.54, 1.807) is 23.7 Å². The summed E-state index contributed by atoms with van der Waals surface area (Å²) < 4.78 is 0.877. The maximum Gasteiger partial charge on any atom is 0.326 e. The largest absolute Gasteiger partial charge is 0.480 e. The number of carbonyl (C=O) groups excluding carboxylic acids is 1. The minimum absolute atomic E-state index is 0.0521. The Morgan fingerprint density at radius 2 is 2.20 bits per heavy atom. The molecule has 1 saturated heterocycles. The molecule has 1 aliphatic rings. The number of thiazole rings is 1. The van der Waals surface area contributed by atoms with Gasteiger partial charge in [0.05, 0.1) is 21.8 Å². The van der Waals surface area contributed by atoms with Crippen molar-refractivity contribution >= 4 is 33.4 Å². The number of benzene rings is 1. The van der Waals surface area contributed by atoms with Gasteiger partial charge in [-0.15, -0.1) is 11.3 Å². The second kappa shape index (κ2) is 4.84. The number of carboxylic acid groups (broad SMARTS) is 1. The van der Waals surface area contributed by atoms with Crippen LogP contribution in [0.15, 0.2) is 23.7 Å². The van der Waals surface area contributed by atoms with Crippen molar-refractivity contribution in [1.82, 2.24) is 9.88 Å². The average molecular weight is 292 g/mol. The number of β-amino-alcohol motifs (C(OH)–C–C–N with tert-alkyl or cyclic N) is 1. The molecule has 3 rings (SSSR count). The Morgan fingerprint density at radius 3 is 2.95 bits per heavy atom. The predicted molar refractivity (Wildman–Crippen MR) is 72.7 cm³/mol. The molecule has 1 amide bonds. The van der Waals surface area contributed by atoms with Gasteiger partial charge in [0.25, 0.3) is 5.91 Å². The van der Waals surface area contributed by atoms with Gasteiger partial charge in [-0.2, -0.15) is 0 Å². The van der Waals surface area contributed by atoms with Gasteiger partial charge >= 0.3 is 5.97 Å². The van der Waals surface area contributed by atoms with Crippen LogP contribution in [0, 0.1) is 0 Å². The molecule has 2 aromatic rings. The summed E-state index contributed by atoms with van der Waals surface area (Å²) >= 11 is 1.42. The molecular weight excluding hydrogens is 280 g/mol. The lowest BCUT2D eigenvalue weighted by Crippen LogP contribution is -2.40. The van der Waals surface area contributed by atoms with Crippen molar-refractivity contribution in [3.05, 3.63) is 29.3 Å². The van der Waals surface area contributed by atoms with Crippen molar-refractivity contribution in [2.75, 3.05) is 6.54 Å². The van der Waals surface area contributed by atoms with Gasteiger partial charge in [-0.3, -0.25) is 4.79 Å². The fraction of sp³-hybridized carbons (Fsp3) is 0.308. The second-order valence-electron chi connectivity index (χ2n) is 4.74. The van der Waals surface area contributed by atoms with Crippen molar-refractivity contribution in [2.24, 2.45) is 0 Å². The minimum atomic E-state index is -1.09. The van der Waals surface area contributed by atoms with E-state index < -0.39 is 18.1 Å². The molecule has 2 atom stereocenters. The third-order valence-electron chi connectivity index (χ3n) is 3.40. The van der Waals surface area contributed by atoms with E-state index in [9.17, 15) is 14.7 Å². The number of carboxylic acids is 1. The number of rotatable bonds is 2. The number of hydrogen-bond acceptors (Lipinski definition) is 5. The van der Waals surface area contributed by atoms with Gasteiger partial charge in [0, 0.05) is 18.5 Å². The fourth-order valence-corrected chi connectivity index (χ4v) is 3.14. The monoisotopic (exact) mass is 292 g/mol. The van der Waals surface area contributed by atoms with Crippen LogP contribution in [-0.2, 0) is 4.79 Å². The summed E-state index contributed by atoms with van der Waals surface area (Å²) in [7, 11) is 0. The summed E-state index contributed by atoms with van der Waals surface area (Å²) in [5, 5.41) is 18.7. The van der Waals surface area contributed by atoms with Crippen molar-refractivity contribution < 1.29 is 19.8 Å². The van der Waals surface area contributed by atoms with Crippen molar-refractivity contribution in [3.63, 3.8) is 0 Å². The highest BCUT2D eigenvalue weighted by Gasteiger charge is 2.39. The van der Waals surface area contributed by atoms with Gasteiger partial charge in [0.15, 0.2) is 0 Å². The number of aliphatic hydroxyl groups excluding tert-OH is 1. The van der Waals surface area contributed by atoms with Gasteiger partial charge in [0.2, 0.25) is 0 Å². The Labute approximate surface area is 118 Å². The highest BCUT2D eigenvalue weighted by Crippen LogP contribution is 2.24. The normalized spacial score (nSPS) is 22.4. The zero-order valence-corrected chi connectivity index (χ0v) is 11.2. The maximum absolute atomic E-state index is 12.4. The molecule has 1 aromatic carbocycles. The van der Waals surface area contributed by atoms with E-state index in [0.29, 0.717) is 5.56 Å². The van der Waals surface area contributed by atoms with Gasteiger partial charge in [-0.25, -0.2) is 9.78 Å². The van der Waals surface area contributed by atoms with Crippen LogP contribution in [0.1, 0.15) is 16.8 Å². The number of fused-ring (bicyclic) bond motifs is 1. The standard InChI is InChI=1S/C13H12N2O4S/c16-8-4-10(13(18)19)15(5-8)12(17)7-1-2-9-11(3-7)20-6-14-9/h1-3,6,8,10,16H,4-5H2,(H,18,19)/t8-,10+/m1/s1. The summed E-state index contributed by atoms with van der Waals surface area (Å²) in [6.07, 6.45) is -0.712. The molecule has 0 saturated carbocycles. The molecule has 104 valence electrons. The average Bonchev–Trinajstić information content (AvgIpc) is 3.02. The molecule has 6 nitrogen and oxygen atoms in total. The quantitative estimate of drug-likeness (QED) is 0.860. The number of amides is 1. The van der Waals surface area contributed by atoms with Crippen LogP contribution >= 0.6 is 11.3 Å². The first-order valence-corrected chi connectivity index (χ1v) is 6.99. The first-order chi connectivity index (χ1) is 9.56. The lowest BCUT2D eigenvalue weighted by atomic mass is 10.1. The van der Waals surface area contributed by atoms with E-state index in [2.05, 4.69) is 4.98 Å². The molecule has 20 heavy (non-hydrogen) atoms. The van der Waals surface area contributed by atoms with Crippen LogP contribution < -0.4 is 0 Å². The number of aromatic nitrogens is 1. The summed E-state index contributed by atoms with van der Waals surface area (Å²) in [4.78, 5) is 28.9. The van der Waals surface area contributed by atoms with E-state index in [1.165, 1.54) is 16.2 Å². The topological polar surface area (TPSA) is 90.7 Å². The Kier molecular flexibility index (Phi) is 3.15. The third kappa shape index (κ3) is 2.14. The molecular formula is C13H12N2O4S. The zero-order chi connectivity index (χ0) is 14.3. The lowest BCUT2D eigenvalue weighted by Gasteiger charge is -2.21. The molecule has 1 aliphatic heterocycles. The molecule has 1 aromatic heterocycles. The Bertz CT molecular complexity index is 684. The molecule has 0 unspecified atom stereocenters. The lowest BCUT2D eigenvalue weighted by molar-refractivity contribution is -0.141. The van der Waals surface area contributed by atoms with Crippen molar-refractivity contribution in [1.29, 1.82) is 0 Å². The van der Waals surface area contributed by atoms with Gasteiger partial charge in [-0.1, -0.05) is 0 Å². The van der Waals surface area contributed by atoms with E-state index in [0.717, 1.165) is 10.2 Å². The number of nitrogens with zero attached hydrogens (tertiary/aromatic N) is 2. The van der Waals surface area contributed by atoms with Gasteiger partial charge < -0.3 is 15.1 Å². The van der Waals surface area contributed by atoms with Crippen LogP contribution in [0.3, 0.4) is 0 Å². The van der Waals surface area contributed by atoms with Crippen molar-refractivity contribution in [3.8, 4) is 0 Å². The molecule has 0 spiro atoms. The van der Waals surface area contributed by atoms with E-state index >= 15 is 0 Å². The van der Waals surface area contributed by atoms with Gasteiger partial charge in [0.1, 0.15) is 6.04 Å². The number of hydrogen-bond donors (Lipinski definition) is 2. The van der Waals surface area contributed by atoms with E-state index in [1.807, 2.05) is 0 Å². The predicted octanol–water partition coefficient (Wildman–Crippen LogP) is 0.956. The fourth-order valence-electron chi connectivity index (χ4n) is 2.43. The summed E-state index contributed by atoms with van der Waals surface area (Å²) in [6.45, 7) is 0.0521. The third-order valence-corrected chi connectivity index (χ3v) is 4.19. The zero-order valence-electron chi connectivity index (χ0n) is 10.4. The molecule has 0 aliphatic carbocycles. The van der Waals surface area contributed by atoms with Crippen LogP contribution in [0.4, 0.5) is 0 Å². The molecule has 0 bridgehead atoms. The van der Waals surface area contributed by atoms with E-state index in [-0.39, 0.29) is 18.9 Å². The second-order valence-corrected chi connectivity index (χ2v) is 5.62. The first-order valence-electron chi connectivity index (χ1n) is 6.11. The Hall–Kier alpha value is -1.99. The highest BCUT2D eigenvalue weighted by atomic mass is 32.1. The smallest absolute Gasteiger partial charge is 0.326 e. The minimum Gasteiger partial charge on any atom is -0.480 e. The Balaban J connectivity index is 1.92. The van der Waals surface area contributed by atoms with Crippen LogP contribution in [-0.4, -0.2) is 50.7 Å². The highest BCUT2D eigenvalue weighted by molar-refractivity contribution is 7.16. The number of aliphatic hydroxyl groups is 1. The molecule has 2 N–H and O–H groups in total. The number of likely N-dealkylation sites (tertiary alicyclic amines) is 1. The van der Waals surface area contributed by atoms with Crippen molar-refractivity contribution in [2.45, 2.75) is 18.6 Å². The number of aliphatic carboxylic acids is 1. The van der Waals surface area contributed by atoms with Crippen LogP contribution in [0.2, 0.25) is 0 Å². The van der Waals surface area contributed by atoms with Crippen LogP contribution in [0.5, 0.6) is 0 Å². The SMILES string of the molecule is O=C(O)[C@@H]1C[C@@H](O)CN1C(=O)c1ccc2ncsc2c1. The molecule has 1 fully saturated rings. The van der Waals surface area contributed by atoms with Crippen LogP contribution in [0.25, 0.3) is 10.2 Å². The maximum atomic E-state index is 12.4. The summed E-state index contributed by atoms with van der Waals surface area (Å²) in [6, 6.07) is 4.11.